The van der Waals surface area contributed by atoms with E-state index in [-0.39, 0.29) is 22.5 Å². The Hall–Kier alpha value is -2.20. The van der Waals surface area contributed by atoms with Crippen LogP contribution in [0.5, 0.6) is 0 Å². The molecule has 10 heteroatoms. The lowest BCUT2D eigenvalue weighted by atomic mass is 10.1. The SMILES string of the molecule is CCCCCC(=O)NNC(=S)Nc1sc(C(=O)N(C)C)c(C)c1C(=O)OC. The smallest absolute Gasteiger partial charge is 0.341 e. The molecule has 0 bridgehead atoms. The number of carbonyl (C=O) groups excluding carboxylic acids is 3. The highest BCUT2D eigenvalue weighted by Crippen LogP contribution is 2.34. The molecule has 0 radical (unpaired) electrons. The Morgan fingerprint density at radius 3 is 2.41 bits per heavy atom. The van der Waals surface area contributed by atoms with Crippen LogP contribution in [0.4, 0.5) is 5.00 Å². The third-order valence-corrected chi connectivity index (χ3v) is 5.09. The molecule has 0 aliphatic rings. The summed E-state index contributed by atoms with van der Waals surface area (Å²) in [5.74, 6) is -0.971. The Morgan fingerprint density at radius 1 is 1.19 bits per heavy atom. The van der Waals surface area contributed by atoms with Crippen LogP contribution in [-0.2, 0) is 9.53 Å². The molecule has 0 saturated heterocycles. The van der Waals surface area contributed by atoms with Gasteiger partial charge in [0.25, 0.3) is 5.91 Å². The van der Waals surface area contributed by atoms with E-state index in [1.54, 1.807) is 21.0 Å². The summed E-state index contributed by atoms with van der Waals surface area (Å²) in [6.45, 7) is 3.74. The molecule has 1 aromatic heterocycles. The van der Waals surface area contributed by atoms with Gasteiger partial charge in [-0.3, -0.25) is 20.4 Å². The summed E-state index contributed by atoms with van der Waals surface area (Å²) in [4.78, 5) is 38.0. The fourth-order valence-corrected chi connectivity index (χ4v) is 3.65. The summed E-state index contributed by atoms with van der Waals surface area (Å²) >= 11 is 6.27. The number of methoxy groups -OCH3 is 1. The number of rotatable bonds is 7. The minimum absolute atomic E-state index is 0.106. The molecule has 150 valence electrons. The number of ether oxygens (including phenoxy) is 1. The number of nitrogens with one attached hydrogen (secondary N) is 3. The van der Waals surface area contributed by atoms with Crippen LogP contribution in [0.25, 0.3) is 0 Å². The molecule has 0 aliphatic heterocycles. The molecular formula is C17H26N4O4S2. The molecule has 2 amide bonds. The van der Waals surface area contributed by atoms with Crippen molar-refractivity contribution >= 4 is 51.5 Å². The molecule has 1 rings (SSSR count). The van der Waals surface area contributed by atoms with E-state index in [0.29, 0.717) is 21.9 Å². The maximum absolute atomic E-state index is 12.3. The number of thiophene rings is 1. The van der Waals surface area contributed by atoms with E-state index in [4.69, 9.17) is 17.0 Å². The van der Waals surface area contributed by atoms with Gasteiger partial charge in [0, 0.05) is 20.5 Å². The van der Waals surface area contributed by atoms with Crippen LogP contribution in [0.2, 0.25) is 0 Å². The third kappa shape index (κ3) is 6.47. The highest BCUT2D eigenvalue weighted by Gasteiger charge is 2.26. The van der Waals surface area contributed by atoms with Gasteiger partial charge in [-0.05, 0) is 31.1 Å². The molecule has 0 fully saturated rings. The van der Waals surface area contributed by atoms with Gasteiger partial charge in [-0.15, -0.1) is 11.3 Å². The summed E-state index contributed by atoms with van der Waals surface area (Å²) in [6, 6.07) is 0. The largest absolute Gasteiger partial charge is 0.465 e. The van der Waals surface area contributed by atoms with Crippen molar-refractivity contribution in [1.82, 2.24) is 15.8 Å². The van der Waals surface area contributed by atoms with E-state index in [1.165, 1.54) is 12.0 Å². The second-order valence-electron chi connectivity index (χ2n) is 6.04. The van der Waals surface area contributed by atoms with Crippen molar-refractivity contribution in [2.45, 2.75) is 39.5 Å². The van der Waals surface area contributed by atoms with E-state index in [1.807, 2.05) is 0 Å². The van der Waals surface area contributed by atoms with Crippen LogP contribution in [0.1, 0.15) is 58.2 Å². The number of nitrogens with zero attached hydrogens (tertiary/aromatic N) is 1. The number of carbonyl (C=O) groups is 3. The lowest BCUT2D eigenvalue weighted by Gasteiger charge is -2.11. The van der Waals surface area contributed by atoms with Crippen LogP contribution in [0.15, 0.2) is 0 Å². The molecule has 27 heavy (non-hydrogen) atoms. The molecular weight excluding hydrogens is 388 g/mol. The molecule has 3 N–H and O–H groups in total. The second-order valence-corrected chi connectivity index (χ2v) is 7.46. The Labute approximate surface area is 168 Å². The summed E-state index contributed by atoms with van der Waals surface area (Å²) in [6.07, 6.45) is 3.21. The van der Waals surface area contributed by atoms with E-state index >= 15 is 0 Å². The minimum Gasteiger partial charge on any atom is -0.465 e. The average Bonchev–Trinajstić information content (AvgIpc) is 2.94. The Morgan fingerprint density at radius 2 is 1.85 bits per heavy atom. The van der Waals surface area contributed by atoms with Gasteiger partial charge in [0.2, 0.25) is 5.91 Å². The van der Waals surface area contributed by atoms with Crippen LogP contribution in [-0.4, -0.2) is 49.0 Å². The number of hydrogen-bond acceptors (Lipinski definition) is 6. The third-order valence-electron chi connectivity index (χ3n) is 3.69. The fourth-order valence-electron chi connectivity index (χ4n) is 2.22. The molecule has 1 heterocycles. The molecule has 8 nitrogen and oxygen atoms in total. The first-order valence-electron chi connectivity index (χ1n) is 8.52. The molecule has 0 unspecified atom stereocenters. The molecule has 0 aromatic carbocycles. The topological polar surface area (TPSA) is 99.8 Å². The molecule has 0 atom stereocenters. The molecule has 0 saturated carbocycles. The lowest BCUT2D eigenvalue weighted by Crippen LogP contribution is -2.43. The zero-order valence-corrected chi connectivity index (χ0v) is 17.9. The van der Waals surface area contributed by atoms with Gasteiger partial charge in [-0.1, -0.05) is 19.8 Å². The van der Waals surface area contributed by atoms with Crippen molar-refractivity contribution < 1.29 is 19.1 Å². The molecule has 0 spiro atoms. The molecule has 0 aliphatic carbocycles. The van der Waals surface area contributed by atoms with Crippen molar-refractivity contribution in [2.24, 2.45) is 0 Å². The van der Waals surface area contributed by atoms with E-state index in [2.05, 4.69) is 23.1 Å². The summed E-state index contributed by atoms with van der Waals surface area (Å²) in [5.41, 5.74) is 5.87. The van der Waals surface area contributed by atoms with Gasteiger partial charge in [-0.2, -0.15) is 0 Å². The number of amides is 2. The van der Waals surface area contributed by atoms with Gasteiger partial charge in [0.15, 0.2) is 5.11 Å². The highest BCUT2D eigenvalue weighted by molar-refractivity contribution is 7.80. The summed E-state index contributed by atoms with van der Waals surface area (Å²) in [7, 11) is 4.53. The first-order valence-corrected chi connectivity index (χ1v) is 9.74. The number of unbranched alkanes of at least 4 members (excludes halogenated alkanes) is 2. The van der Waals surface area contributed by atoms with Crippen molar-refractivity contribution in [3.8, 4) is 0 Å². The highest BCUT2D eigenvalue weighted by atomic mass is 32.1. The monoisotopic (exact) mass is 414 g/mol. The van der Waals surface area contributed by atoms with Crippen LogP contribution in [0, 0.1) is 6.92 Å². The van der Waals surface area contributed by atoms with Crippen molar-refractivity contribution in [1.29, 1.82) is 0 Å². The number of esters is 1. The zero-order chi connectivity index (χ0) is 20.6. The number of thiocarbonyl (C=S) groups is 1. The molecule has 1 aromatic rings. The number of hydrogen-bond donors (Lipinski definition) is 3. The van der Waals surface area contributed by atoms with E-state index < -0.39 is 5.97 Å². The van der Waals surface area contributed by atoms with Gasteiger partial charge >= 0.3 is 5.97 Å². The van der Waals surface area contributed by atoms with E-state index in [9.17, 15) is 14.4 Å². The van der Waals surface area contributed by atoms with Gasteiger partial charge in [-0.25, -0.2) is 4.79 Å². The second kappa shape index (κ2) is 10.8. The van der Waals surface area contributed by atoms with Gasteiger partial charge in [0.1, 0.15) is 5.00 Å². The van der Waals surface area contributed by atoms with Crippen molar-refractivity contribution in [2.75, 3.05) is 26.5 Å². The maximum Gasteiger partial charge on any atom is 0.341 e. The minimum atomic E-state index is -0.574. The first kappa shape index (κ1) is 22.8. The van der Waals surface area contributed by atoms with Crippen LogP contribution >= 0.6 is 23.6 Å². The quantitative estimate of drug-likeness (QED) is 0.273. The zero-order valence-electron chi connectivity index (χ0n) is 16.2. The Bertz CT molecular complexity index is 716. The number of hydrazine groups is 1. The predicted molar refractivity (Wildman–Crippen MR) is 110 cm³/mol. The van der Waals surface area contributed by atoms with Gasteiger partial charge in [0.05, 0.1) is 17.6 Å². The fraction of sp³-hybridized carbons (Fsp3) is 0.529. The maximum atomic E-state index is 12.3. The van der Waals surface area contributed by atoms with Gasteiger partial charge < -0.3 is 15.0 Å². The normalized spacial score (nSPS) is 10.1. The standard InChI is InChI=1S/C17H26N4O4S2/c1-6-7-8-9-11(22)19-20-17(26)18-14-12(16(24)25-5)10(2)13(27-14)15(23)21(3)4/h6-9H2,1-5H3,(H,19,22)(H2,18,20,26). The first-order chi connectivity index (χ1) is 12.7. The van der Waals surface area contributed by atoms with Crippen LogP contribution in [0.3, 0.4) is 0 Å². The predicted octanol–water partition coefficient (Wildman–Crippen LogP) is 2.44. The Balaban J connectivity index is 2.87. The lowest BCUT2D eigenvalue weighted by molar-refractivity contribution is -0.121. The van der Waals surface area contributed by atoms with Crippen LogP contribution < -0.4 is 16.2 Å². The van der Waals surface area contributed by atoms with Crippen molar-refractivity contribution in [3.05, 3.63) is 16.0 Å². The summed E-state index contributed by atoms with van der Waals surface area (Å²) < 4.78 is 4.82. The van der Waals surface area contributed by atoms with E-state index in [0.717, 1.165) is 30.6 Å². The number of anilines is 1. The average molecular weight is 415 g/mol. The summed E-state index contributed by atoms with van der Waals surface area (Å²) in [5, 5.41) is 3.34. The van der Waals surface area contributed by atoms with Crippen molar-refractivity contribution in [3.63, 3.8) is 0 Å². The Kier molecular flexibility index (Phi) is 9.16.